The highest BCUT2D eigenvalue weighted by atomic mass is 127. The first-order valence-electron chi connectivity index (χ1n) is 11.0. The fraction of sp³-hybridized carbons (Fsp3) is 0.0323. The monoisotopic (exact) mass is 518 g/mol. The normalized spacial score (nSPS) is 14.0. The number of halogens is 1. The highest BCUT2D eigenvalue weighted by Gasteiger charge is 2.51. The van der Waals surface area contributed by atoms with Gasteiger partial charge >= 0.3 is 0 Å². The van der Waals surface area contributed by atoms with E-state index in [2.05, 4.69) is 138 Å². The van der Waals surface area contributed by atoms with Gasteiger partial charge in [0, 0.05) is 3.57 Å². The lowest BCUT2D eigenvalue weighted by Crippen LogP contribution is -2.25. The second kappa shape index (κ2) is 6.66. The predicted octanol–water partition coefficient (Wildman–Crippen LogP) is 8.30. The molecule has 0 heterocycles. The van der Waals surface area contributed by atoms with E-state index in [1.807, 2.05) is 0 Å². The van der Waals surface area contributed by atoms with Gasteiger partial charge in [-0.05, 0) is 96.4 Å². The molecule has 32 heavy (non-hydrogen) atoms. The van der Waals surface area contributed by atoms with Crippen LogP contribution in [0.25, 0.3) is 33.4 Å². The van der Waals surface area contributed by atoms with Gasteiger partial charge in [-0.3, -0.25) is 0 Å². The predicted molar refractivity (Wildman–Crippen MR) is 141 cm³/mol. The van der Waals surface area contributed by atoms with Gasteiger partial charge in [-0.15, -0.1) is 0 Å². The Morgan fingerprint density at radius 3 is 1.47 bits per heavy atom. The zero-order chi connectivity index (χ0) is 21.3. The van der Waals surface area contributed by atoms with Crippen molar-refractivity contribution in [2.75, 3.05) is 0 Å². The molecule has 0 fully saturated rings. The largest absolute Gasteiger partial charge is 0.0725 e. The van der Waals surface area contributed by atoms with Crippen LogP contribution < -0.4 is 0 Å². The zero-order valence-electron chi connectivity index (χ0n) is 17.3. The maximum absolute atomic E-state index is 2.44. The molecule has 0 N–H and O–H groups in total. The summed E-state index contributed by atoms with van der Waals surface area (Å²) in [7, 11) is 0. The molecule has 0 aliphatic heterocycles. The van der Waals surface area contributed by atoms with Crippen molar-refractivity contribution in [3.63, 3.8) is 0 Å². The fourth-order valence-electron chi connectivity index (χ4n) is 5.94. The summed E-state index contributed by atoms with van der Waals surface area (Å²) in [4.78, 5) is 0. The zero-order valence-corrected chi connectivity index (χ0v) is 19.5. The molecule has 7 rings (SSSR count). The van der Waals surface area contributed by atoms with Crippen LogP contribution in [0.1, 0.15) is 22.3 Å². The van der Waals surface area contributed by atoms with Crippen molar-refractivity contribution in [2.45, 2.75) is 5.41 Å². The SMILES string of the molecule is Ic1cccc(-c2ccc3c(c2)C2(c4ccccc4-c4ccccc42)c2ccccc2-3)c1. The van der Waals surface area contributed by atoms with Crippen molar-refractivity contribution in [1.82, 2.24) is 0 Å². The molecule has 5 aromatic carbocycles. The van der Waals surface area contributed by atoms with Crippen molar-refractivity contribution in [1.29, 1.82) is 0 Å². The van der Waals surface area contributed by atoms with E-state index in [0.29, 0.717) is 0 Å². The molecule has 0 saturated heterocycles. The van der Waals surface area contributed by atoms with Crippen LogP contribution in [-0.2, 0) is 5.41 Å². The smallest absolute Gasteiger partial charge is 0.0619 e. The Morgan fingerprint density at radius 1 is 0.406 bits per heavy atom. The van der Waals surface area contributed by atoms with E-state index in [-0.39, 0.29) is 5.41 Å². The lowest BCUT2D eigenvalue weighted by atomic mass is 9.70. The molecule has 0 saturated carbocycles. The summed E-state index contributed by atoms with van der Waals surface area (Å²) in [5, 5.41) is 0. The Kier molecular flexibility index (Phi) is 3.83. The Balaban J connectivity index is 1.63. The molecule has 5 aromatic rings. The van der Waals surface area contributed by atoms with Crippen LogP contribution in [0.2, 0.25) is 0 Å². The molecule has 2 aliphatic rings. The highest BCUT2D eigenvalue weighted by Crippen LogP contribution is 2.62. The molecule has 0 atom stereocenters. The van der Waals surface area contributed by atoms with E-state index in [9.17, 15) is 0 Å². The van der Waals surface area contributed by atoms with Gasteiger partial charge in [0.05, 0.1) is 5.41 Å². The first-order chi connectivity index (χ1) is 15.8. The minimum Gasteiger partial charge on any atom is -0.0619 e. The number of benzene rings is 5. The maximum Gasteiger partial charge on any atom is 0.0725 e. The average Bonchev–Trinajstić information content (AvgIpc) is 3.31. The van der Waals surface area contributed by atoms with Crippen LogP contribution in [0.4, 0.5) is 0 Å². The van der Waals surface area contributed by atoms with E-state index < -0.39 is 0 Å². The van der Waals surface area contributed by atoms with E-state index >= 15 is 0 Å². The summed E-state index contributed by atoms with van der Waals surface area (Å²) in [6.07, 6.45) is 0. The summed E-state index contributed by atoms with van der Waals surface area (Å²) in [6.45, 7) is 0. The average molecular weight is 518 g/mol. The molecule has 0 aromatic heterocycles. The molecule has 0 nitrogen and oxygen atoms in total. The number of rotatable bonds is 1. The van der Waals surface area contributed by atoms with Gasteiger partial charge in [0.15, 0.2) is 0 Å². The van der Waals surface area contributed by atoms with Crippen LogP contribution in [0.5, 0.6) is 0 Å². The van der Waals surface area contributed by atoms with Crippen molar-refractivity contribution in [2.24, 2.45) is 0 Å². The van der Waals surface area contributed by atoms with Crippen LogP contribution in [0.3, 0.4) is 0 Å². The molecule has 0 amide bonds. The van der Waals surface area contributed by atoms with Gasteiger partial charge in [-0.1, -0.05) is 97.1 Å². The molecule has 1 spiro atoms. The summed E-state index contributed by atoms with van der Waals surface area (Å²) in [6, 6.07) is 42.8. The van der Waals surface area contributed by atoms with E-state index in [4.69, 9.17) is 0 Å². The van der Waals surface area contributed by atoms with Gasteiger partial charge < -0.3 is 0 Å². The first-order valence-corrected chi connectivity index (χ1v) is 12.1. The minimum absolute atomic E-state index is 0.267. The van der Waals surface area contributed by atoms with Crippen LogP contribution in [0.15, 0.2) is 115 Å². The van der Waals surface area contributed by atoms with Gasteiger partial charge in [0.25, 0.3) is 0 Å². The maximum atomic E-state index is 2.44. The summed E-state index contributed by atoms with van der Waals surface area (Å²) >= 11 is 2.40. The minimum atomic E-state index is -0.267. The van der Waals surface area contributed by atoms with Crippen LogP contribution in [0, 0.1) is 3.57 Å². The molecule has 2 aliphatic carbocycles. The summed E-state index contributed by atoms with van der Waals surface area (Å²) in [5.41, 5.74) is 13.3. The number of hydrogen-bond donors (Lipinski definition) is 0. The van der Waals surface area contributed by atoms with Crippen LogP contribution in [-0.4, -0.2) is 0 Å². The standard InChI is InChI=1S/C31H19I/c32-22-9-7-8-20(18-22)21-16-17-26-25-12-3-6-15-29(25)31(30(26)19-21)27-13-4-1-10-23(27)24-11-2-5-14-28(24)31/h1-19H. The first kappa shape index (κ1) is 18.4. The molecule has 0 bridgehead atoms. The van der Waals surface area contributed by atoms with Crippen molar-refractivity contribution in [3.05, 3.63) is 141 Å². The fourth-order valence-corrected chi connectivity index (χ4v) is 6.49. The summed E-state index contributed by atoms with van der Waals surface area (Å²) in [5.74, 6) is 0. The lowest BCUT2D eigenvalue weighted by Gasteiger charge is -2.30. The van der Waals surface area contributed by atoms with Gasteiger partial charge in [0.2, 0.25) is 0 Å². The Bertz CT molecular complexity index is 1480. The quantitative estimate of drug-likeness (QED) is 0.192. The highest BCUT2D eigenvalue weighted by molar-refractivity contribution is 14.1. The van der Waals surface area contributed by atoms with Gasteiger partial charge in [-0.2, -0.15) is 0 Å². The third kappa shape index (κ3) is 2.27. The lowest BCUT2D eigenvalue weighted by molar-refractivity contribution is 0.794. The Labute approximate surface area is 201 Å². The third-order valence-corrected chi connectivity index (χ3v) is 7.83. The number of fused-ring (bicyclic) bond motifs is 10. The molecular formula is C31H19I. The second-order valence-electron chi connectivity index (χ2n) is 8.66. The van der Waals surface area contributed by atoms with E-state index in [1.165, 1.54) is 59.2 Å². The third-order valence-electron chi connectivity index (χ3n) is 7.16. The Morgan fingerprint density at radius 2 is 0.906 bits per heavy atom. The van der Waals surface area contributed by atoms with E-state index in [1.54, 1.807) is 0 Å². The van der Waals surface area contributed by atoms with Crippen LogP contribution >= 0.6 is 22.6 Å². The van der Waals surface area contributed by atoms with Crippen molar-refractivity contribution < 1.29 is 0 Å². The molecule has 1 heteroatoms. The Hall–Kier alpha value is -3.17. The van der Waals surface area contributed by atoms with E-state index in [0.717, 1.165) is 0 Å². The molecule has 150 valence electrons. The molecular weight excluding hydrogens is 499 g/mol. The second-order valence-corrected chi connectivity index (χ2v) is 9.90. The molecule has 0 unspecified atom stereocenters. The van der Waals surface area contributed by atoms with Gasteiger partial charge in [-0.25, -0.2) is 0 Å². The number of hydrogen-bond acceptors (Lipinski definition) is 0. The van der Waals surface area contributed by atoms with Gasteiger partial charge in [0.1, 0.15) is 0 Å². The van der Waals surface area contributed by atoms with Crippen molar-refractivity contribution >= 4 is 22.6 Å². The molecule has 0 radical (unpaired) electrons. The summed E-state index contributed by atoms with van der Waals surface area (Å²) < 4.78 is 1.26. The van der Waals surface area contributed by atoms with Crippen molar-refractivity contribution in [3.8, 4) is 33.4 Å². The topological polar surface area (TPSA) is 0 Å².